The number of hydrogen-bond acceptors (Lipinski definition) is 4. The monoisotopic (exact) mass is 331 g/mol. The van der Waals surface area contributed by atoms with E-state index in [0.717, 1.165) is 0 Å². The Morgan fingerprint density at radius 2 is 2.08 bits per heavy atom. The maximum atomic E-state index is 12.9. The second-order valence-electron chi connectivity index (χ2n) is 6.25. The molecule has 7 nitrogen and oxygen atoms in total. The fraction of sp³-hybridized carbons (Fsp3) is 0.471. The van der Waals surface area contributed by atoms with Crippen LogP contribution in [0.15, 0.2) is 24.3 Å². The summed E-state index contributed by atoms with van der Waals surface area (Å²) in [6.45, 7) is 2.32. The van der Waals surface area contributed by atoms with E-state index in [0.29, 0.717) is 37.1 Å². The standard InChI is InChI=1S/C17H21N3O4/c1-17-10-9-15(22)20(17)13-7-4-3-6-12(13)16(23)19(17)11-5-8-14(21)18-24-2/h3-4,6-7H,5,8-11H2,1-2H3,(H,18,21). The van der Waals surface area contributed by atoms with Crippen molar-refractivity contribution in [2.45, 2.75) is 38.3 Å². The average molecular weight is 331 g/mol. The molecule has 1 fully saturated rings. The first-order valence-electron chi connectivity index (χ1n) is 8.05. The Kier molecular flexibility index (Phi) is 4.28. The highest BCUT2D eigenvalue weighted by Gasteiger charge is 2.52. The molecule has 2 aliphatic heterocycles. The van der Waals surface area contributed by atoms with Gasteiger partial charge in [-0.3, -0.25) is 24.1 Å². The van der Waals surface area contributed by atoms with Gasteiger partial charge in [0.15, 0.2) is 0 Å². The van der Waals surface area contributed by atoms with Crippen LogP contribution in [0.5, 0.6) is 0 Å². The molecule has 0 aromatic heterocycles. The molecule has 1 atom stereocenters. The lowest BCUT2D eigenvalue weighted by molar-refractivity contribution is -0.131. The number of fused-ring (bicyclic) bond motifs is 3. The van der Waals surface area contributed by atoms with Gasteiger partial charge in [0, 0.05) is 19.4 Å². The lowest BCUT2D eigenvalue weighted by Gasteiger charge is -2.48. The van der Waals surface area contributed by atoms with E-state index in [9.17, 15) is 14.4 Å². The number of hydroxylamine groups is 1. The number of rotatable bonds is 5. The lowest BCUT2D eigenvalue weighted by atomic mass is 9.98. The highest BCUT2D eigenvalue weighted by Crippen LogP contribution is 2.43. The van der Waals surface area contributed by atoms with Crippen LogP contribution < -0.4 is 10.4 Å². The van der Waals surface area contributed by atoms with E-state index in [1.807, 2.05) is 19.1 Å². The number of carbonyl (C=O) groups is 3. The summed E-state index contributed by atoms with van der Waals surface area (Å²) >= 11 is 0. The van der Waals surface area contributed by atoms with Crippen LogP contribution in [0.3, 0.4) is 0 Å². The Morgan fingerprint density at radius 3 is 2.83 bits per heavy atom. The van der Waals surface area contributed by atoms with Crippen molar-refractivity contribution in [2.75, 3.05) is 18.6 Å². The zero-order valence-electron chi connectivity index (χ0n) is 13.9. The number of nitrogens with one attached hydrogen (secondary N) is 1. The van der Waals surface area contributed by atoms with Gasteiger partial charge >= 0.3 is 0 Å². The molecule has 3 rings (SSSR count). The predicted molar refractivity (Wildman–Crippen MR) is 87.0 cm³/mol. The van der Waals surface area contributed by atoms with Gasteiger partial charge in [0.2, 0.25) is 11.8 Å². The highest BCUT2D eigenvalue weighted by molar-refractivity contribution is 6.10. The quantitative estimate of drug-likeness (QED) is 0.828. The smallest absolute Gasteiger partial charge is 0.257 e. The fourth-order valence-electron chi connectivity index (χ4n) is 3.60. The van der Waals surface area contributed by atoms with E-state index in [1.54, 1.807) is 21.9 Å². The minimum absolute atomic E-state index is 0.0274. The normalized spacial score (nSPS) is 22.4. The summed E-state index contributed by atoms with van der Waals surface area (Å²) in [7, 11) is 1.38. The van der Waals surface area contributed by atoms with Crippen molar-refractivity contribution in [3.63, 3.8) is 0 Å². The molecular weight excluding hydrogens is 310 g/mol. The summed E-state index contributed by atoms with van der Waals surface area (Å²) in [5.41, 5.74) is 2.81. The van der Waals surface area contributed by atoms with E-state index in [2.05, 4.69) is 10.3 Å². The molecule has 0 spiro atoms. The van der Waals surface area contributed by atoms with E-state index in [4.69, 9.17) is 0 Å². The number of amides is 3. The van der Waals surface area contributed by atoms with Gasteiger partial charge in [-0.25, -0.2) is 5.48 Å². The molecule has 7 heteroatoms. The van der Waals surface area contributed by atoms with Gasteiger partial charge in [-0.1, -0.05) is 12.1 Å². The molecular formula is C17H21N3O4. The van der Waals surface area contributed by atoms with Crippen molar-refractivity contribution in [3.8, 4) is 0 Å². The van der Waals surface area contributed by atoms with Crippen LogP contribution >= 0.6 is 0 Å². The van der Waals surface area contributed by atoms with Crippen LogP contribution in [0.4, 0.5) is 5.69 Å². The topological polar surface area (TPSA) is 79.0 Å². The Labute approximate surface area is 140 Å². The van der Waals surface area contributed by atoms with Gasteiger partial charge in [0.25, 0.3) is 5.91 Å². The number of hydrogen-bond donors (Lipinski definition) is 1. The van der Waals surface area contributed by atoms with Gasteiger partial charge in [-0.2, -0.15) is 0 Å². The molecule has 0 aliphatic carbocycles. The largest absolute Gasteiger partial charge is 0.315 e. The van der Waals surface area contributed by atoms with Crippen molar-refractivity contribution >= 4 is 23.4 Å². The van der Waals surface area contributed by atoms with Crippen LogP contribution in [0.1, 0.15) is 43.0 Å². The van der Waals surface area contributed by atoms with E-state index < -0.39 is 5.66 Å². The maximum Gasteiger partial charge on any atom is 0.257 e. The highest BCUT2D eigenvalue weighted by atomic mass is 16.6. The zero-order chi connectivity index (χ0) is 17.3. The zero-order valence-corrected chi connectivity index (χ0v) is 13.9. The second kappa shape index (κ2) is 6.24. The van der Waals surface area contributed by atoms with Gasteiger partial charge in [-0.05, 0) is 31.9 Å². The summed E-state index contributed by atoms with van der Waals surface area (Å²) in [6.07, 6.45) is 1.76. The van der Waals surface area contributed by atoms with Crippen LogP contribution in [0, 0.1) is 0 Å². The second-order valence-corrected chi connectivity index (χ2v) is 6.25. The first kappa shape index (κ1) is 16.4. The number of nitrogens with zero attached hydrogens (tertiary/aromatic N) is 2. The summed E-state index contributed by atoms with van der Waals surface area (Å²) in [6, 6.07) is 7.19. The predicted octanol–water partition coefficient (Wildman–Crippen LogP) is 1.44. The molecule has 1 aromatic carbocycles. The Bertz CT molecular complexity index is 690. The van der Waals surface area contributed by atoms with Gasteiger partial charge in [0.1, 0.15) is 5.66 Å². The Morgan fingerprint density at radius 1 is 1.33 bits per heavy atom. The van der Waals surface area contributed by atoms with Crippen molar-refractivity contribution in [1.29, 1.82) is 0 Å². The summed E-state index contributed by atoms with van der Waals surface area (Å²) in [5, 5.41) is 0. The molecule has 1 unspecified atom stereocenters. The SMILES string of the molecule is CONC(=O)CCCN1C(=O)c2ccccc2N2C(=O)CCC12C. The van der Waals surface area contributed by atoms with Crippen LogP contribution in [-0.2, 0) is 14.4 Å². The third kappa shape index (κ3) is 2.54. The minimum atomic E-state index is -0.666. The fourth-order valence-corrected chi connectivity index (χ4v) is 3.60. The van der Waals surface area contributed by atoms with Crippen molar-refractivity contribution < 1.29 is 19.2 Å². The van der Waals surface area contributed by atoms with Crippen molar-refractivity contribution in [1.82, 2.24) is 10.4 Å². The molecule has 1 N–H and O–H groups in total. The van der Waals surface area contributed by atoms with Gasteiger partial charge < -0.3 is 4.90 Å². The van der Waals surface area contributed by atoms with Crippen molar-refractivity contribution in [3.05, 3.63) is 29.8 Å². The average Bonchev–Trinajstić information content (AvgIpc) is 2.87. The number of carbonyl (C=O) groups excluding carboxylic acids is 3. The Hall–Kier alpha value is -2.41. The molecule has 2 aliphatic rings. The maximum absolute atomic E-state index is 12.9. The molecule has 1 aromatic rings. The third-order valence-corrected chi connectivity index (χ3v) is 4.75. The minimum Gasteiger partial charge on any atom is -0.315 e. The number of benzene rings is 1. The molecule has 0 saturated carbocycles. The first-order valence-corrected chi connectivity index (χ1v) is 8.05. The molecule has 0 bridgehead atoms. The molecule has 2 heterocycles. The summed E-state index contributed by atoms with van der Waals surface area (Å²) < 4.78 is 0. The summed E-state index contributed by atoms with van der Waals surface area (Å²) in [4.78, 5) is 44.9. The number of anilines is 1. The first-order chi connectivity index (χ1) is 11.5. The Balaban J connectivity index is 1.85. The molecule has 24 heavy (non-hydrogen) atoms. The molecule has 3 amide bonds. The molecule has 128 valence electrons. The number of para-hydroxylation sites is 1. The third-order valence-electron chi connectivity index (χ3n) is 4.75. The van der Waals surface area contributed by atoms with E-state index in [-0.39, 0.29) is 24.1 Å². The van der Waals surface area contributed by atoms with Crippen LogP contribution in [-0.4, -0.2) is 41.9 Å². The van der Waals surface area contributed by atoms with Crippen LogP contribution in [0.2, 0.25) is 0 Å². The van der Waals surface area contributed by atoms with Crippen molar-refractivity contribution in [2.24, 2.45) is 0 Å². The van der Waals surface area contributed by atoms with Gasteiger partial charge in [0.05, 0.1) is 18.4 Å². The summed E-state index contributed by atoms with van der Waals surface area (Å²) in [5.74, 6) is -0.294. The molecule has 0 radical (unpaired) electrons. The lowest BCUT2D eigenvalue weighted by Crippen LogP contribution is -2.62. The van der Waals surface area contributed by atoms with Crippen LogP contribution in [0.25, 0.3) is 0 Å². The molecule has 1 saturated heterocycles. The van der Waals surface area contributed by atoms with E-state index >= 15 is 0 Å². The van der Waals surface area contributed by atoms with E-state index in [1.165, 1.54) is 7.11 Å². The van der Waals surface area contributed by atoms with Gasteiger partial charge in [-0.15, -0.1) is 0 Å².